The molecule has 1 saturated heterocycles. The maximum atomic E-state index is 12.6. The number of rotatable bonds is 1. The zero-order chi connectivity index (χ0) is 13.5. The molecular weight excluding hydrogens is 260 g/mol. The van der Waals surface area contributed by atoms with Crippen LogP contribution in [-0.4, -0.2) is 48.8 Å². The quantitative estimate of drug-likeness (QED) is 0.795. The Kier molecular flexibility index (Phi) is 2.97. The zero-order valence-corrected chi connectivity index (χ0v) is 11.9. The van der Waals surface area contributed by atoms with E-state index in [-0.39, 0.29) is 10.7 Å². The molecule has 0 aromatic carbocycles. The molecule has 3 heterocycles. The van der Waals surface area contributed by atoms with E-state index in [0.29, 0.717) is 11.3 Å². The third-order valence-corrected chi connectivity index (χ3v) is 4.52. The molecule has 0 N–H and O–H groups in total. The second-order valence-corrected chi connectivity index (χ2v) is 7.07. The van der Waals surface area contributed by atoms with E-state index in [1.165, 1.54) is 0 Å². The summed E-state index contributed by atoms with van der Waals surface area (Å²) in [6, 6.07) is 0. The van der Waals surface area contributed by atoms with Crippen LogP contribution in [0, 0.1) is 0 Å². The van der Waals surface area contributed by atoms with Crippen LogP contribution >= 0.6 is 11.8 Å². The van der Waals surface area contributed by atoms with Crippen molar-refractivity contribution in [3.8, 4) is 0 Å². The van der Waals surface area contributed by atoms with Crippen molar-refractivity contribution in [2.24, 2.45) is 0 Å². The molecule has 2 aromatic rings. The number of aromatic nitrogens is 3. The first-order valence-corrected chi connectivity index (χ1v) is 7.26. The van der Waals surface area contributed by atoms with Crippen LogP contribution < -0.4 is 0 Å². The van der Waals surface area contributed by atoms with Gasteiger partial charge in [-0.1, -0.05) is 0 Å². The fourth-order valence-corrected chi connectivity index (χ4v) is 3.46. The Morgan fingerprint density at radius 2 is 2.05 bits per heavy atom. The lowest BCUT2D eigenvalue weighted by atomic mass is 10.1. The van der Waals surface area contributed by atoms with E-state index in [4.69, 9.17) is 0 Å². The van der Waals surface area contributed by atoms with Crippen molar-refractivity contribution in [1.82, 2.24) is 19.3 Å². The number of carbonyl (C=O) groups is 1. The van der Waals surface area contributed by atoms with Gasteiger partial charge in [0, 0.05) is 48.4 Å². The number of hydrogen-bond acceptors (Lipinski definition) is 4. The largest absolute Gasteiger partial charge is 0.335 e. The Hall–Kier alpha value is -1.56. The number of thioether (sulfide) groups is 1. The molecule has 1 amide bonds. The van der Waals surface area contributed by atoms with Crippen molar-refractivity contribution in [3.05, 3.63) is 30.5 Å². The lowest BCUT2D eigenvalue weighted by molar-refractivity contribution is 0.0743. The summed E-state index contributed by atoms with van der Waals surface area (Å²) in [5.41, 5.74) is 1.07. The number of carbonyl (C=O) groups excluding carboxylic acids is 1. The Morgan fingerprint density at radius 1 is 1.32 bits per heavy atom. The SMILES string of the molecule is CC1(C)CN(C(=O)c2nccn3ccnc23)CCS1. The lowest BCUT2D eigenvalue weighted by Crippen LogP contribution is -2.46. The van der Waals surface area contributed by atoms with Crippen LogP contribution in [0.3, 0.4) is 0 Å². The molecule has 0 saturated carbocycles. The smallest absolute Gasteiger partial charge is 0.276 e. The second kappa shape index (κ2) is 4.52. The maximum Gasteiger partial charge on any atom is 0.276 e. The highest BCUT2D eigenvalue weighted by atomic mass is 32.2. The van der Waals surface area contributed by atoms with Gasteiger partial charge in [-0.2, -0.15) is 11.8 Å². The highest BCUT2D eigenvalue weighted by Gasteiger charge is 2.31. The standard InChI is InChI=1S/C13H16N4OS/c1-13(2)9-17(7-8-19-13)12(18)10-11-15-4-6-16(11)5-3-14-10/h3-6H,7-9H2,1-2H3. The monoisotopic (exact) mass is 276 g/mol. The summed E-state index contributed by atoms with van der Waals surface area (Å²) >= 11 is 1.91. The third-order valence-electron chi connectivity index (χ3n) is 3.23. The molecule has 5 nitrogen and oxygen atoms in total. The summed E-state index contributed by atoms with van der Waals surface area (Å²) in [5.74, 6) is 0.946. The maximum absolute atomic E-state index is 12.6. The highest BCUT2D eigenvalue weighted by Crippen LogP contribution is 2.30. The first-order valence-electron chi connectivity index (χ1n) is 6.28. The summed E-state index contributed by atoms with van der Waals surface area (Å²) in [7, 11) is 0. The van der Waals surface area contributed by atoms with Crippen molar-refractivity contribution in [2.75, 3.05) is 18.8 Å². The first kappa shape index (κ1) is 12.5. The van der Waals surface area contributed by atoms with Crippen LogP contribution in [0.2, 0.25) is 0 Å². The van der Waals surface area contributed by atoms with Crippen LogP contribution in [0.5, 0.6) is 0 Å². The molecule has 6 heteroatoms. The predicted molar refractivity (Wildman–Crippen MR) is 75.4 cm³/mol. The zero-order valence-electron chi connectivity index (χ0n) is 11.0. The normalized spacial score (nSPS) is 18.7. The first-order chi connectivity index (χ1) is 9.07. The van der Waals surface area contributed by atoms with E-state index in [9.17, 15) is 4.79 Å². The van der Waals surface area contributed by atoms with Crippen molar-refractivity contribution < 1.29 is 4.79 Å². The summed E-state index contributed by atoms with van der Waals surface area (Å²) < 4.78 is 1.93. The highest BCUT2D eigenvalue weighted by molar-refractivity contribution is 8.00. The molecule has 0 atom stereocenters. The van der Waals surface area contributed by atoms with Gasteiger partial charge in [0.2, 0.25) is 0 Å². The molecule has 19 heavy (non-hydrogen) atoms. The number of imidazole rings is 1. The Bertz CT molecular complexity index is 622. The van der Waals surface area contributed by atoms with Gasteiger partial charge in [0.1, 0.15) is 0 Å². The third kappa shape index (κ3) is 2.32. The summed E-state index contributed by atoms with van der Waals surface area (Å²) in [4.78, 5) is 22.9. The topological polar surface area (TPSA) is 50.5 Å². The van der Waals surface area contributed by atoms with E-state index in [0.717, 1.165) is 18.8 Å². The molecule has 0 radical (unpaired) electrons. The number of hydrogen-bond donors (Lipinski definition) is 0. The Labute approximate surface area is 116 Å². The molecule has 1 aliphatic rings. The Balaban J connectivity index is 1.93. The van der Waals surface area contributed by atoms with E-state index in [1.807, 2.05) is 27.3 Å². The minimum atomic E-state index is -0.0230. The minimum absolute atomic E-state index is 0.0230. The molecular formula is C13H16N4OS. The molecule has 100 valence electrons. The average molecular weight is 276 g/mol. The van der Waals surface area contributed by atoms with Gasteiger partial charge in [0.15, 0.2) is 11.3 Å². The van der Waals surface area contributed by atoms with E-state index >= 15 is 0 Å². The van der Waals surface area contributed by atoms with Gasteiger partial charge in [0.25, 0.3) is 5.91 Å². The summed E-state index contributed by atoms with van der Waals surface area (Å²) in [6.45, 7) is 5.86. The van der Waals surface area contributed by atoms with Gasteiger partial charge >= 0.3 is 0 Å². The van der Waals surface area contributed by atoms with Gasteiger partial charge in [-0.25, -0.2) is 9.97 Å². The van der Waals surface area contributed by atoms with Crippen molar-refractivity contribution in [1.29, 1.82) is 0 Å². The molecule has 3 rings (SSSR count). The van der Waals surface area contributed by atoms with Gasteiger partial charge in [-0.15, -0.1) is 0 Å². The molecule has 0 aliphatic carbocycles. The van der Waals surface area contributed by atoms with Crippen LogP contribution in [0.25, 0.3) is 5.65 Å². The van der Waals surface area contributed by atoms with Crippen molar-refractivity contribution in [2.45, 2.75) is 18.6 Å². The number of amides is 1. The molecule has 1 aliphatic heterocycles. The summed E-state index contributed by atoms with van der Waals surface area (Å²) in [5, 5.41) is 0. The van der Waals surface area contributed by atoms with Crippen LogP contribution in [0.4, 0.5) is 0 Å². The van der Waals surface area contributed by atoms with Crippen molar-refractivity contribution >= 4 is 23.3 Å². The predicted octanol–water partition coefficient (Wildman–Crippen LogP) is 1.70. The second-order valence-electron chi connectivity index (χ2n) is 5.27. The van der Waals surface area contributed by atoms with Crippen LogP contribution in [0.15, 0.2) is 24.8 Å². The van der Waals surface area contributed by atoms with E-state index in [1.54, 1.807) is 18.6 Å². The summed E-state index contributed by atoms with van der Waals surface area (Å²) in [6.07, 6.45) is 6.95. The van der Waals surface area contributed by atoms with Gasteiger partial charge in [-0.05, 0) is 13.8 Å². The van der Waals surface area contributed by atoms with E-state index in [2.05, 4.69) is 23.8 Å². The van der Waals surface area contributed by atoms with E-state index < -0.39 is 0 Å². The Morgan fingerprint density at radius 3 is 2.79 bits per heavy atom. The number of fused-ring (bicyclic) bond motifs is 1. The van der Waals surface area contributed by atoms with Gasteiger partial charge in [-0.3, -0.25) is 4.79 Å². The lowest BCUT2D eigenvalue weighted by Gasteiger charge is -2.37. The molecule has 0 bridgehead atoms. The molecule has 1 fully saturated rings. The van der Waals surface area contributed by atoms with Gasteiger partial charge < -0.3 is 9.30 Å². The molecule has 2 aromatic heterocycles. The molecule has 0 spiro atoms. The average Bonchev–Trinajstić information content (AvgIpc) is 2.84. The fourth-order valence-electron chi connectivity index (χ4n) is 2.34. The van der Waals surface area contributed by atoms with Crippen LogP contribution in [0.1, 0.15) is 24.3 Å². The van der Waals surface area contributed by atoms with Gasteiger partial charge in [0.05, 0.1) is 0 Å². The fraction of sp³-hybridized carbons (Fsp3) is 0.462. The molecule has 0 unspecified atom stereocenters. The minimum Gasteiger partial charge on any atom is -0.335 e. The number of nitrogens with zero attached hydrogens (tertiary/aromatic N) is 4. The van der Waals surface area contributed by atoms with Crippen molar-refractivity contribution in [3.63, 3.8) is 0 Å². The van der Waals surface area contributed by atoms with Crippen LogP contribution in [-0.2, 0) is 0 Å².